The van der Waals surface area contributed by atoms with Crippen molar-refractivity contribution in [2.45, 2.75) is 51.9 Å². The van der Waals surface area contributed by atoms with Crippen molar-refractivity contribution in [3.63, 3.8) is 0 Å². The van der Waals surface area contributed by atoms with Crippen LogP contribution in [0.4, 0.5) is 5.69 Å². The maximum atomic E-state index is 6.15. The van der Waals surface area contributed by atoms with Gasteiger partial charge in [-0.15, -0.1) is 0 Å². The summed E-state index contributed by atoms with van der Waals surface area (Å²) in [6.45, 7) is 2.33. The van der Waals surface area contributed by atoms with Crippen LogP contribution in [0.1, 0.15) is 51.0 Å². The molecule has 0 saturated heterocycles. The maximum absolute atomic E-state index is 6.15. The van der Waals surface area contributed by atoms with Crippen molar-refractivity contribution >= 4 is 33.3 Å². The SMILES string of the molecule is CC(CC/C1=N/C(N)=N\C(Nc2ccc(Br)cc2)=C\CCC1)CCc1ccccc1. The minimum absolute atomic E-state index is 0.333. The van der Waals surface area contributed by atoms with Gasteiger partial charge in [-0.2, -0.15) is 4.99 Å². The summed E-state index contributed by atoms with van der Waals surface area (Å²) < 4.78 is 1.05. The van der Waals surface area contributed by atoms with Crippen LogP contribution >= 0.6 is 15.9 Å². The molecule has 0 aliphatic carbocycles. The number of hydrogen-bond donors (Lipinski definition) is 2. The Labute approximate surface area is 188 Å². The Balaban J connectivity index is 1.54. The second-order valence-corrected chi connectivity index (χ2v) is 8.85. The van der Waals surface area contributed by atoms with E-state index in [4.69, 9.17) is 5.73 Å². The molecule has 2 aromatic carbocycles. The monoisotopic (exact) mass is 466 g/mol. The lowest BCUT2D eigenvalue weighted by molar-refractivity contribution is 0.501. The van der Waals surface area contributed by atoms with E-state index in [1.54, 1.807) is 0 Å². The van der Waals surface area contributed by atoms with Gasteiger partial charge in [-0.3, -0.25) is 0 Å². The number of nitrogens with two attached hydrogens (primary N) is 1. The standard InChI is InChI=1S/C25H31BrN4/c1-19(11-13-20-7-3-2-4-8-20)12-16-22-9-5-6-10-24(30-25(27)29-22)28-23-17-14-21(26)15-18-23/h2-4,7-8,10,14-15,17-19,28H,5-6,9,11-13,16H2,1H3,(H2,27,30)/b24-10+,29-22+. The molecule has 2 aromatic rings. The number of anilines is 1. The normalized spacial score (nSPS) is 20.9. The van der Waals surface area contributed by atoms with Crippen molar-refractivity contribution in [2.75, 3.05) is 5.32 Å². The molecule has 0 bridgehead atoms. The quantitative estimate of drug-likeness (QED) is 0.454. The molecule has 0 aromatic heterocycles. The van der Waals surface area contributed by atoms with Crippen LogP contribution in [0, 0.1) is 5.92 Å². The van der Waals surface area contributed by atoms with E-state index in [0.29, 0.717) is 11.9 Å². The lowest BCUT2D eigenvalue weighted by Crippen LogP contribution is -2.14. The van der Waals surface area contributed by atoms with Crippen molar-refractivity contribution < 1.29 is 0 Å². The molecule has 0 amide bonds. The molecule has 3 rings (SSSR count). The van der Waals surface area contributed by atoms with Gasteiger partial charge in [0.15, 0.2) is 0 Å². The summed E-state index contributed by atoms with van der Waals surface area (Å²) in [6.07, 6.45) is 9.55. The number of nitrogens with one attached hydrogen (secondary N) is 1. The zero-order valence-electron chi connectivity index (χ0n) is 17.7. The Hall–Kier alpha value is -2.40. The van der Waals surface area contributed by atoms with Crippen LogP contribution in [0.25, 0.3) is 0 Å². The Morgan fingerprint density at radius 1 is 1.00 bits per heavy atom. The zero-order valence-corrected chi connectivity index (χ0v) is 19.2. The number of allylic oxidation sites excluding steroid dienone is 1. The highest BCUT2D eigenvalue weighted by atomic mass is 79.9. The fourth-order valence-corrected chi connectivity index (χ4v) is 3.78. The van der Waals surface area contributed by atoms with Gasteiger partial charge in [0, 0.05) is 15.9 Å². The van der Waals surface area contributed by atoms with E-state index >= 15 is 0 Å². The zero-order chi connectivity index (χ0) is 21.2. The molecule has 0 radical (unpaired) electrons. The highest BCUT2D eigenvalue weighted by Gasteiger charge is 2.09. The Kier molecular flexibility index (Phi) is 8.69. The lowest BCUT2D eigenvalue weighted by Gasteiger charge is -2.12. The molecule has 4 nitrogen and oxygen atoms in total. The number of aryl methyl sites for hydroxylation is 1. The molecular formula is C25H31BrN4. The van der Waals surface area contributed by atoms with Gasteiger partial charge in [0.2, 0.25) is 5.96 Å². The average molecular weight is 467 g/mol. The number of nitrogens with zero attached hydrogens (tertiary/aromatic N) is 2. The largest absolute Gasteiger partial charge is 0.368 e. The second-order valence-electron chi connectivity index (χ2n) is 7.93. The lowest BCUT2D eigenvalue weighted by atomic mass is 9.94. The number of benzene rings is 2. The summed E-state index contributed by atoms with van der Waals surface area (Å²) >= 11 is 3.46. The van der Waals surface area contributed by atoms with Gasteiger partial charge >= 0.3 is 0 Å². The minimum Gasteiger partial charge on any atom is -0.368 e. The maximum Gasteiger partial charge on any atom is 0.221 e. The van der Waals surface area contributed by atoms with Crippen molar-refractivity contribution in [2.24, 2.45) is 21.6 Å². The smallest absolute Gasteiger partial charge is 0.221 e. The van der Waals surface area contributed by atoms with Gasteiger partial charge in [0.05, 0.1) is 0 Å². The average Bonchev–Trinajstić information content (AvgIpc) is 2.83. The molecule has 158 valence electrons. The van der Waals surface area contributed by atoms with Crippen molar-refractivity contribution in [1.29, 1.82) is 0 Å². The Bertz CT molecular complexity index is 885. The summed E-state index contributed by atoms with van der Waals surface area (Å²) in [6, 6.07) is 18.7. The molecule has 5 heteroatoms. The second kappa shape index (κ2) is 11.7. The molecule has 1 heterocycles. The first kappa shape index (κ1) is 22.3. The third-order valence-electron chi connectivity index (χ3n) is 5.33. The van der Waals surface area contributed by atoms with Crippen LogP contribution < -0.4 is 11.1 Å². The van der Waals surface area contributed by atoms with E-state index in [0.717, 1.165) is 54.5 Å². The molecule has 0 fully saturated rings. The van der Waals surface area contributed by atoms with Crippen molar-refractivity contribution in [3.8, 4) is 0 Å². The Morgan fingerprint density at radius 3 is 2.50 bits per heavy atom. The topological polar surface area (TPSA) is 62.8 Å². The number of hydrogen-bond acceptors (Lipinski definition) is 4. The van der Waals surface area contributed by atoms with E-state index in [-0.39, 0.29) is 0 Å². The predicted octanol–water partition coefficient (Wildman–Crippen LogP) is 6.69. The van der Waals surface area contributed by atoms with Crippen LogP contribution in [0.3, 0.4) is 0 Å². The Morgan fingerprint density at radius 2 is 1.73 bits per heavy atom. The van der Waals surface area contributed by atoms with Gasteiger partial charge in [-0.25, -0.2) is 4.99 Å². The first-order valence-electron chi connectivity index (χ1n) is 10.8. The predicted molar refractivity (Wildman–Crippen MR) is 132 cm³/mol. The van der Waals surface area contributed by atoms with E-state index in [1.165, 1.54) is 17.7 Å². The molecule has 1 aliphatic heterocycles. The molecule has 3 N–H and O–H groups in total. The third kappa shape index (κ3) is 7.79. The van der Waals surface area contributed by atoms with Gasteiger partial charge in [-0.1, -0.05) is 53.2 Å². The first-order chi connectivity index (χ1) is 14.6. The van der Waals surface area contributed by atoms with Gasteiger partial charge in [0.25, 0.3) is 0 Å². The summed E-state index contributed by atoms with van der Waals surface area (Å²) in [7, 11) is 0. The molecule has 0 spiro atoms. The fraction of sp³-hybridized carbons (Fsp3) is 0.360. The number of rotatable bonds is 8. The van der Waals surface area contributed by atoms with Crippen LogP contribution in [0.15, 0.2) is 81.0 Å². The highest BCUT2D eigenvalue weighted by molar-refractivity contribution is 9.10. The third-order valence-corrected chi connectivity index (χ3v) is 5.85. The van der Waals surface area contributed by atoms with Gasteiger partial charge in [-0.05, 0) is 86.8 Å². The summed E-state index contributed by atoms with van der Waals surface area (Å²) in [5, 5.41) is 3.33. The first-order valence-corrected chi connectivity index (χ1v) is 11.5. The van der Waals surface area contributed by atoms with Crippen LogP contribution in [0.2, 0.25) is 0 Å². The van der Waals surface area contributed by atoms with E-state index in [9.17, 15) is 0 Å². The number of guanidine groups is 1. The van der Waals surface area contributed by atoms with Crippen LogP contribution in [-0.2, 0) is 6.42 Å². The van der Waals surface area contributed by atoms with E-state index < -0.39 is 0 Å². The molecule has 1 atom stereocenters. The van der Waals surface area contributed by atoms with Crippen LogP contribution in [0.5, 0.6) is 0 Å². The minimum atomic E-state index is 0.333. The molecule has 1 aliphatic rings. The summed E-state index contributed by atoms with van der Waals surface area (Å²) in [5.74, 6) is 1.75. The van der Waals surface area contributed by atoms with Gasteiger partial charge < -0.3 is 11.1 Å². The van der Waals surface area contributed by atoms with Crippen molar-refractivity contribution in [3.05, 3.63) is 76.5 Å². The van der Waals surface area contributed by atoms with E-state index in [2.05, 4.69) is 74.6 Å². The molecule has 0 saturated carbocycles. The molecule has 30 heavy (non-hydrogen) atoms. The van der Waals surface area contributed by atoms with E-state index in [1.807, 2.05) is 24.3 Å². The van der Waals surface area contributed by atoms with Crippen LogP contribution in [-0.4, -0.2) is 11.7 Å². The highest BCUT2D eigenvalue weighted by Crippen LogP contribution is 2.19. The number of halogens is 1. The summed E-state index contributed by atoms with van der Waals surface area (Å²) in [5.41, 5.74) is 9.71. The van der Waals surface area contributed by atoms with Crippen molar-refractivity contribution in [1.82, 2.24) is 0 Å². The van der Waals surface area contributed by atoms with Gasteiger partial charge in [0.1, 0.15) is 5.82 Å². The summed E-state index contributed by atoms with van der Waals surface area (Å²) in [4.78, 5) is 9.16. The molecular weight excluding hydrogens is 436 g/mol. The molecule has 1 unspecified atom stereocenters. The number of aliphatic imine (C=N–C) groups is 2. The fourth-order valence-electron chi connectivity index (χ4n) is 3.51.